The summed E-state index contributed by atoms with van der Waals surface area (Å²) in [5.74, 6) is 1.57. The lowest BCUT2D eigenvalue weighted by Gasteiger charge is -2.28. The number of hydrogen-bond acceptors (Lipinski definition) is 7. The molecule has 2 N–H and O–H groups in total. The van der Waals surface area contributed by atoms with Gasteiger partial charge in [-0.2, -0.15) is 5.10 Å². The van der Waals surface area contributed by atoms with Crippen LogP contribution in [0.1, 0.15) is 5.56 Å². The number of aromatic nitrogens is 2. The largest absolute Gasteiger partial charge is 0.378 e. The molecule has 0 bridgehead atoms. The molecule has 0 unspecified atom stereocenters. The number of thiophene rings is 1. The van der Waals surface area contributed by atoms with Gasteiger partial charge in [0.15, 0.2) is 11.6 Å². The Bertz CT molecular complexity index is 1390. The van der Waals surface area contributed by atoms with Gasteiger partial charge in [-0.05, 0) is 41.8 Å². The number of nitrogens with one attached hydrogen (secondary N) is 2. The van der Waals surface area contributed by atoms with Crippen LogP contribution < -0.4 is 15.6 Å². The van der Waals surface area contributed by atoms with E-state index >= 15 is 0 Å². The van der Waals surface area contributed by atoms with E-state index in [-0.39, 0.29) is 0 Å². The van der Waals surface area contributed by atoms with Crippen LogP contribution >= 0.6 is 34.5 Å². The Morgan fingerprint density at radius 3 is 2.69 bits per heavy atom. The number of hydrazone groups is 1. The molecule has 0 radical (unpaired) electrons. The van der Waals surface area contributed by atoms with E-state index in [1.807, 2.05) is 23.6 Å². The van der Waals surface area contributed by atoms with E-state index in [1.165, 1.54) is 6.21 Å². The van der Waals surface area contributed by atoms with Crippen molar-refractivity contribution in [2.75, 3.05) is 36.5 Å². The van der Waals surface area contributed by atoms with E-state index in [2.05, 4.69) is 20.7 Å². The fraction of sp³-hybridized carbons (Fsp3) is 0.167. The molecule has 8 nitrogen and oxygen atoms in total. The summed E-state index contributed by atoms with van der Waals surface area (Å²) in [7, 11) is 0. The summed E-state index contributed by atoms with van der Waals surface area (Å²) in [5, 5.41) is 9.47. The van der Waals surface area contributed by atoms with E-state index in [0.717, 1.165) is 34.7 Å². The van der Waals surface area contributed by atoms with Gasteiger partial charge in [0.1, 0.15) is 0 Å². The SMILES string of the molecule is O=C(N/N=C/c1cccc(Cl)c1Cl)Nc1ccc(-c2nc(N3CCOCC3)c3sccc3n2)cc1. The number of fused-ring (bicyclic) bond motifs is 1. The average molecular weight is 527 g/mol. The topological polar surface area (TPSA) is 91.7 Å². The van der Waals surface area contributed by atoms with Gasteiger partial charge in [-0.15, -0.1) is 11.3 Å². The summed E-state index contributed by atoms with van der Waals surface area (Å²) in [5.41, 5.74) is 5.39. The van der Waals surface area contributed by atoms with Crippen molar-refractivity contribution < 1.29 is 9.53 Å². The number of benzene rings is 2. The Morgan fingerprint density at radius 2 is 1.89 bits per heavy atom. The molecule has 1 aliphatic heterocycles. The maximum Gasteiger partial charge on any atom is 0.339 e. The van der Waals surface area contributed by atoms with Gasteiger partial charge in [-0.25, -0.2) is 20.2 Å². The first-order chi connectivity index (χ1) is 17.1. The number of carbonyl (C=O) groups is 1. The van der Waals surface area contributed by atoms with E-state index < -0.39 is 6.03 Å². The highest BCUT2D eigenvalue weighted by Gasteiger charge is 2.19. The number of hydrogen-bond donors (Lipinski definition) is 2. The third-order valence-electron chi connectivity index (χ3n) is 5.35. The van der Waals surface area contributed by atoms with Gasteiger partial charge in [-0.3, -0.25) is 0 Å². The number of anilines is 2. The fourth-order valence-corrected chi connectivity index (χ4v) is 4.81. The molecular formula is C24H20Cl2N6O2S. The quantitative estimate of drug-likeness (QED) is 0.258. The molecule has 2 aromatic carbocycles. The first-order valence-corrected chi connectivity index (χ1v) is 12.4. The molecule has 0 saturated carbocycles. The zero-order valence-corrected chi connectivity index (χ0v) is 20.7. The highest BCUT2D eigenvalue weighted by molar-refractivity contribution is 7.17. The van der Waals surface area contributed by atoms with Gasteiger partial charge >= 0.3 is 6.03 Å². The Labute approximate surface area is 215 Å². The minimum Gasteiger partial charge on any atom is -0.378 e. The molecule has 1 fully saturated rings. The van der Waals surface area contributed by atoms with Crippen LogP contribution in [0.2, 0.25) is 10.0 Å². The summed E-state index contributed by atoms with van der Waals surface area (Å²) in [4.78, 5) is 24.1. The van der Waals surface area contributed by atoms with Crippen LogP contribution in [0.5, 0.6) is 0 Å². The van der Waals surface area contributed by atoms with Crippen molar-refractivity contribution in [1.29, 1.82) is 0 Å². The Morgan fingerprint density at radius 1 is 1.09 bits per heavy atom. The van der Waals surface area contributed by atoms with Gasteiger partial charge in [-0.1, -0.05) is 35.3 Å². The van der Waals surface area contributed by atoms with Crippen LogP contribution in [-0.2, 0) is 4.74 Å². The van der Waals surface area contributed by atoms with Gasteiger partial charge in [0.05, 0.1) is 39.7 Å². The predicted molar refractivity (Wildman–Crippen MR) is 142 cm³/mol. The van der Waals surface area contributed by atoms with E-state index in [0.29, 0.717) is 40.3 Å². The molecule has 1 aliphatic rings. The standard InChI is InChI=1S/C24H20Cl2N6O2S/c25-18-3-1-2-16(20(18)26)14-27-31-24(33)28-17-6-4-15(5-7-17)22-29-19-8-13-35-21(19)23(30-22)32-9-11-34-12-10-32/h1-8,13-14H,9-12H2,(H2,28,31,33)/b27-14+. The normalized spacial score (nSPS) is 13.9. The first kappa shape index (κ1) is 23.5. The summed E-state index contributed by atoms with van der Waals surface area (Å²) in [6, 6.07) is 14.0. The summed E-state index contributed by atoms with van der Waals surface area (Å²) in [6.45, 7) is 2.97. The van der Waals surface area contributed by atoms with E-state index in [1.54, 1.807) is 41.7 Å². The van der Waals surface area contributed by atoms with Crippen LogP contribution in [0.25, 0.3) is 21.6 Å². The summed E-state index contributed by atoms with van der Waals surface area (Å²) >= 11 is 13.7. The molecule has 0 aliphatic carbocycles. The minimum atomic E-state index is -0.488. The number of morpholine rings is 1. The number of halogens is 2. The zero-order chi connectivity index (χ0) is 24.2. The molecule has 11 heteroatoms. The van der Waals surface area contributed by atoms with Crippen molar-refractivity contribution in [3.63, 3.8) is 0 Å². The molecular weight excluding hydrogens is 507 g/mol. The summed E-state index contributed by atoms with van der Waals surface area (Å²) < 4.78 is 6.56. The molecule has 178 valence electrons. The number of ether oxygens (including phenoxy) is 1. The highest BCUT2D eigenvalue weighted by Crippen LogP contribution is 2.32. The lowest BCUT2D eigenvalue weighted by Crippen LogP contribution is -2.36. The molecule has 4 aromatic rings. The Balaban J connectivity index is 1.28. The first-order valence-electron chi connectivity index (χ1n) is 10.8. The smallest absolute Gasteiger partial charge is 0.339 e. The van der Waals surface area contributed by atoms with E-state index in [9.17, 15) is 4.79 Å². The van der Waals surface area contributed by atoms with Crippen molar-refractivity contribution >= 4 is 68.5 Å². The second-order valence-electron chi connectivity index (χ2n) is 7.65. The molecule has 0 spiro atoms. The van der Waals surface area contributed by atoms with Crippen LogP contribution in [0.3, 0.4) is 0 Å². The average Bonchev–Trinajstić information content (AvgIpc) is 3.36. The third-order valence-corrected chi connectivity index (χ3v) is 7.08. The Kier molecular flexibility index (Phi) is 7.10. The highest BCUT2D eigenvalue weighted by atomic mass is 35.5. The third kappa shape index (κ3) is 5.38. The molecule has 2 aromatic heterocycles. The number of rotatable bonds is 5. The van der Waals surface area contributed by atoms with Gasteiger partial charge < -0.3 is 15.0 Å². The summed E-state index contributed by atoms with van der Waals surface area (Å²) in [6.07, 6.45) is 1.43. The van der Waals surface area contributed by atoms with Gasteiger partial charge in [0.25, 0.3) is 0 Å². The lowest BCUT2D eigenvalue weighted by molar-refractivity contribution is 0.122. The van der Waals surface area contributed by atoms with Crippen LogP contribution in [0.4, 0.5) is 16.3 Å². The van der Waals surface area contributed by atoms with Crippen molar-refractivity contribution in [1.82, 2.24) is 15.4 Å². The molecule has 2 amide bonds. The molecule has 1 saturated heterocycles. The van der Waals surface area contributed by atoms with Crippen LogP contribution in [0, 0.1) is 0 Å². The van der Waals surface area contributed by atoms with Crippen LogP contribution in [-0.4, -0.2) is 48.5 Å². The number of urea groups is 1. The molecule has 3 heterocycles. The van der Waals surface area contributed by atoms with Gasteiger partial charge in [0.2, 0.25) is 0 Å². The maximum absolute atomic E-state index is 12.2. The van der Waals surface area contributed by atoms with Crippen LogP contribution in [0.15, 0.2) is 59.0 Å². The predicted octanol–water partition coefficient (Wildman–Crippen LogP) is 5.66. The Hall–Kier alpha value is -3.24. The lowest BCUT2D eigenvalue weighted by atomic mass is 10.2. The molecule has 0 atom stereocenters. The molecule has 5 rings (SSSR count). The second-order valence-corrected chi connectivity index (χ2v) is 9.35. The van der Waals surface area contributed by atoms with Crippen molar-refractivity contribution in [2.45, 2.75) is 0 Å². The number of amides is 2. The van der Waals surface area contributed by atoms with Crippen molar-refractivity contribution in [3.8, 4) is 11.4 Å². The maximum atomic E-state index is 12.2. The van der Waals surface area contributed by atoms with Crippen molar-refractivity contribution in [2.24, 2.45) is 5.10 Å². The fourth-order valence-electron chi connectivity index (χ4n) is 3.61. The molecule has 35 heavy (non-hydrogen) atoms. The second kappa shape index (κ2) is 10.6. The number of nitrogens with zero attached hydrogens (tertiary/aromatic N) is 4. The minimum absolute atomic E-state index is 0.371. The monoisotopic (exact) mass is 526 g/mol. The van der Waals surface area contributed by atoms with Gasteiger partial charge in [0, 0.05) is 29.9 Å². The van der Waals surface area contributed by atoms with Crippen molar-refractivity contribution in [3.05, 3.63) is 69.5 Å². The van der Waals surface area contributed by atoms with E-state index in [4.69, 9.17) is 37.9 Å². The number of carbonyl (C=O) groups excluding carboxylic acids is 1. The zero-order valence-electron chi connectivity index (χ0n) is 18.4.